The molecule has 0 aliphatic heterocycles. The first-order valence-corrected chi connectivity index (χ1v) is 8.50. The summed E-state index contributed by atoms with van der Waals surface area (Å²) in [6, 6.07) is 8.45. The van der Waals surface area contributed by atoms with E-state index in [2.05, 4.69) is 24.0 Å². The van der Waals surface area contributed by atoms with Crippen LogP contribution in [0.25, 0.3) is 0 Å². The Morgan fingerprint density at radius 1 is 1.25 bits per heavy atom. The van der Waals surface area contributed by atoms with Crippen LogP contribution in [0.2, 0.25) is 0 Å². The van der Waals surface area contributed by atoms with Crippen molar-refractivity contribution in [3.8, 4) is 11.5 Å². The summed E-state index contributed by atoms with van der Waals surface area (Å²) in [4.78, 5) is 0. The number of nitrogens with one attached hydrogen (secondary N) is 1. The van der Waals surface area contributed by atoms with Gasteiger partial charge in [-0.2, -0.15) is 11.8 Å². The van der Waals surface area contributed by atoms with E-state index >= 15 is 0 Å². The van der Waals surface area contributed by atoms with Crippen molar-refractivity contribution in [3.05, 3.63) is 24.3 Å². The molecule has 1 saturated carbocycles. The number of hydrogen-bond donors (Lipinski definition) is 1. The van der Waals surface area contributed by atoms with E-state index in [1.165, 1.54) is 25.0 Å². The number of hydrogen-bond acceptors (Lipinski definition) is 4. The molecule has 0 aromatic heterocycles. The zero-order valence-electron chi connectivity index (χ0n) is 12.4. The average Bonchev–Trinajstić information content (AvgIpc) is 2.92. The molecule has 1 aromatic rings. The van der Waals surface area contributed by atoms with Gasteiger partial charge in [0.1, 0.15) is 6.61 Å². The minimum Gasteiger partial charge on any atom is -0.493 e. The Morgan fingerprint density at radius 3 is 2.80 bits per heavy atom. The van der Waals surface area contributed by atoms with Crippen LogP contribution in [0.15, 0.2) is 24.3 Å². The van der Waals surface area contributed by atoms with Gasteiger partial charge in [0.05, 0.1) is 7.11 Å². The normalized spacial score (nSPS) is 21.9. The van der Waals surface area contributed by atoms with Gasteiger partial charge in [0.2, 0.25) is 0 Å². The molecule has 1 N–H and O–H groups in total. The van der Waals surface area contributed by atoms with Crippen molar-refractivity contribution in [3.63, 3.8) is 0 Å². The second-order valence-electron chi connectivity index (χ2n) is 4.98. The molecule has 112 valence electrons. The summed E-state index contributed by atoms with van der Waals surface area (Å²) in [5.41, 5.74) is 0. The third-order valence-corrected chi connectivity index (χ3v) is 4.99. The Balaban J connectivity index is 1.71. The zero-order valence-corrected chi connectivity index (χ0v) is 13.2. The van der Waals surface area contributed by atoms with E-state index in [-0.39, 0.29) is 0 Å². The highest BCUT2D eigenvalue weighted by Gasteiger charge is 2.26. The lowest BCUT2D eigenvalue weighted by Gasteiger charge is -2.20. The number of para-hydroxylation sites is 2. The van der Waals surface area contributed by atoms with Gasteiger partial charge >= 0.3 is 0 Å². The Hall–Kier alpha value is -0.870. The summed E-state index contributed by atoms with van der Waals surface area (Å²) in [7, 11) is 1.67. The van der Waals surface area contributed by atoms with Crippen LogP contribution in [0, 0.1) is 0 Å². The molecule has 0 heterocycles. The van der Waals surface area contributed by atoms with Crippen molar-refractivity contribution in [1.82, 2.24) is 5.32 Å². The summed E-state index contributed by atoms with van der Waals surface area (Å²) < 4.78 is 11.1. The molecule has 3 nitrogen and oxygen atoms in total. The van der Waals surface area contributed by atoms with Crippen molar-refractivity contribution in [2.45, 2.75) is 37.5 Å². The predicted molar refractivity (Wildman–Crippen MR) is 86.1 cm³/mol. The van der Waals surface area contributed by atoms with Gasteiger partial charge in [-0.25, -0.2) is 0 Å². The van der Waals surface area contributed by atoms with Gasteiger partial charge < -0.3 is 14.8 Å². The number of ether oxygens (including phenoxy) is 2. The lowest BCUT2D eigenvalue weighted by Crippen LogP contribution is -2.36. The second kappa shape index (κ2) is 8.42. The third-order valence-electron chi connectivity index (χ3n) is 3.67. The number of rotatable bonds is 8. The van der Waals surface area contributed by atoms with E-state index in [9.17, 15) is 0 Å². The lowest BCUT2D eigenvalue weighted by molar-refractivity contribution is 0.286. The first-order valence-electron chi connectivity index (χ1n) is 7.46. The summed E-state index contributed by atoms with van der Waals surface area (Å²) in [6.07, 6.45) is 4.00. The van der Waals surface area contributed by atoms with Crippen molar-refractivity contribution in [2.24, 2.45) is 0 Å². The van der Waals surface area contributed by atoms with Crippen LogP contribution >= 0.6 is 11.8 Å². The highest BCUT2D eigenvalue weighted by molar-refractivity contribution is 7.99. The molecule has 1 aromatic carbocycles. The summed E-state index contributed by atoms with van der Waals surface area (Å²) in [5, 5.41) is 4.42. The van der Waals surface area contributed by atoms with E-state index in [1.54, 1.807) is 7.11 Å². The maximum Gasteiger partial charge on any atom is 0.161 e. The van der Waals surface area contributed by atoms with Crippen LogP contribution in [-0.4, -0.2) is 37.3 Å². The largest absolute Gasteiger partial charge is 0.493 e. The molecular formula is C16H25NO2S. The quantitative estimate of drug-likeness (QED) is 0.745. The van der Waals surface area contributed by atoms with Crippen LogP contribution in [0.1, 0.15) is 26.2 Å². The van der Waals surface area contributed by atoms with E-state index < -0.39 is 0 Å². The fraction of sp³-hybridized carbons (Fsp3) is 0.625. The van der Waals surface area contributed by atoms with Crippen molar-refractivity contribution < 1.29 is 9.47 Å². The smallest absolute Gasteiger partial charge is 0.161 e. The summed E-state index contributed by atoms with van der Waals surface area (Å²) in [5.74, 6) is 2.83. The lowest BCUT2D eigenvalue weighted by atomic mass is 10.2. The number of methoxy groups -OCH3 is 1. The van der Waals surface area contributed by atoms with Gasteiger partial charge in [-0.3, -0.25) is 0 Å². The highest BCUT2D eigenvalue weighted by Crippen LogP contribution is 2.30. The summed E-state index contributed by atoms with van der Waals surface area (Å²) >= 11 is 2.08. The monoisotopic (exact) mass is 295 g/mol. The molecule has 0 spiro atoms. The van der Waals surface area contributed by atoms with Gasteiger partial charge in [0, 0.05) is 17.8 Å². The maximum atomic E-state index is 5.79. The molecule has 2 unspecified atom stereocenters. The molecule has 0 amide bonds. The van der Waals surface area contributed by atoms with Gasteiger partial charge in [0.15, 0.2) is 11.5 Å². The van der Waals surface area contributed by atoms with Crippen LogP contribution < -0.4 is 14.8 Å². The van der Waals surface area contributed by atoms with Gasteiger partial charge in [-0.05, 0) is 30.7 Å². The molecular weight excluding hydrogens is 270 g/mol. The van der Waals surface area contributed by atoms with Crippen LogP contribution in [0.5, 0.6) is 11.5 Å². The van der Waals surface area contributed by atoms with Crippen molar-refractivity contribution >= 4 is 11.8 Å². The van der Waals surface area contributed by atoms with Gasteiger partial charge in [-0.15, -0.1) is 0 Å². The van der Waals surface area contributed by atoms with Crippen molar-refractivity contribution in [2.75, 3.05) is 26.0 Å². The highest BCUT2D eigenvalue weighted by atomic mass is 32.2. The first-order chi connectivity index (χ1) is 9.85. The van der Waals surface area contributed by atoms with Gasteiger partial charge in [0.25, 0.3) is 0 Å². The fourth-order valence-electron chi connectivity index (χ4n) is 2.72. The third kappa shape index (κ3) is 4.32. The SMILES string of the molecule is CCSC1CCCC1NCCOc1ccccc1OC. The molecule has 0 saturated heterocycles. The van der Waals surface area contributed by atoms with Crippen LogP contribution in [0.3, 0.4) is 0 Å². The van der Waals surface area contributed by atoms with Crippen molar-refractivity contribution in [1.29, 1.82) is 0 Å². The molecule has 2 rings (SSSR count). The second-order valence-corrected chi connectivity index (χ2v) is 6.50. The Labute approximate surface area is 126 Å². The minimum atomic E-state index is 0.654. The molecule has 0 radical (unpaired) electrons. The van der Waals surface area contributed by atoms with E-state index in [0.717, 1.165) is 23.3 Å². The summed E-state index contributed by atoms with van der Waals surface area (Å²) in [6.45, 7) is 3.81. The molecule has 1 fully saturated rings. The number of thioether (sulfide) groups is 1. The Morgan fingerprint density at radius 2 is 2.05 bits per heavy atom. The van der Waals surface area contributed by atoms with E-state index in [1.807, 2.05) is 24.3 Å². The first kappa shape index (κ1) is 15.5. The molecule has 1 aliphatic rings. The van der Waals surface area contributed by atoms with E-state index in [4.69, 9.17) is 9.47 Å². The Bertz CT molecular complexity index is 400. The average molecular weight is 295 g/mol. The topological polar surface area (TPSA) is 30.5 Å². The minimum absolute atomic E-state index is 0.654. The number of benzene rings is 1. The van der Waals surface area contributed by atoms with E-state index in [0.29, 0.717) is 12.6 Å². The standard InChI is InChI=1S/C16H25NO2S/c1-3-20-16-10-6-7-13(16)17-11-12-19-15-9-5-4-8-14(15)18-2/h4-5,8-9,13,16-17H,3,6-7,10-12H2,1-2H3. The molecule has 0 bridgehead atoms. The fourth-order valence-corrected chi connectivity index (χ4v) is 3.94. The maximum absolute atomic E-state index is 5.79. The molecule has 1 aliphatic carbocycles. The molecule has 20 heavy (non-hydrogen) atoms. The van der Waals surface area contributed by atoms with Gasteiger partial charge in [-0.1, -0.05) is 25.5 Å². The van der Waals surface area contributed by atoms with Crippen LogP contribution in [-0.2, 0) is 0 Å². The molecule has 4 heteroatoms. The van der Waals surface area contributed by atoms with Crippen LogP contribution in [0.4, 0.5) is 0 Å². The zero-order chi connectivity index (χ0) is 14.2. The predicted octanol–water partition coefficient (Wildman–Crippen LogP) is 3.34. The molecule has 2 atom stereocenters. The Kier molecular flexibility index (Phi) is 6.54.